The lowest BCUT2D eigenvalue weighted by Crippen LogP contribution is -2.20. The van der Waals surface area contributed by atoms with Crippen LogP contribution in [0.4, 0.5) is 5.69 Å². The van der Waals surface area contributed by atoms with Crippen LogP contribution in [-0.4, -0.2) is 31.8 Å². The van der Waals surface area contributed by atoms with E-state index in [1.165, 1.54) is 10.5 Å². The number of anilines is 1. The summed E-state index contributed by atoms with van der Waals surface area (Å²) in [6.45, 7) is 4.28. The first kappa shape index (κ1) is 27.8. The first-order valence-corrected chi connectivity index (χ1v) is 13.8. The van der Waals surface area contributed by atoms with Gasteiger partial charge in [-0.2, -0.15) is 0 Å². The molecule has 1 aliphatic rings. The smallest absolute Gasteiger partial charge is 0.179 e. The van der Waals surface area contributed by atoms with Crippen molar-refractivity contribution in [2.45, 2.75) is 48.1 Å². The van der Waals surface area contributed by atoms with E-state index in [1.54, 1.807) is 37.7 Å². The van der Waals surface area contributed by atoms with E-state index in [9.17, 15) is 4.79 Å². The molecule has 192 valence electrons. The Kier molecular flexibility index (Phi) is 10.8. The van der Waals surface area contributed by atoms with Crippen molar-refractivity contribution in [1.29, 1.82) is 0 Å². The lowest BCUT2D eigenvalue weighted by atomic mass is 10.1. The maximum Gasteiger partial charge on any atom is 0.179 e. The van der Waals surface area contributed by atoms with Gasteiger partial charge in [0, 0.05) is 15.9 Å². The van der Waals surface area contributed by atoms with Crippen molar-refractivity contribution in [3.05, 3.63) is 71.8 Å². The van der Waals surface area contributed by atoms with Gasteiger partial charge in [-0.3, -0.25) is 4.79 Å². The maximum absolute atomic E-state index is 11.4. The average molecular weight is 527 g/mol. The van der Waals surface area contributed by atoms with Crippen LogP contribution in [-0.2, 0) is 11.2 Å². The van der Waals surface area contributed by atoms with E-state index in [4.69, 9.17) is 19.9 Å². The Bertz CT molecular complexity index is 1070. The summed E-state index contributed by atoms with van der Waals surface area (Å²) in [5.41, 5.74) is 8.83. The zero-order chi connectivity index (χ0) is 25.9. The summed E-state index contributed by atoms with van der Waals surface area (Å²) in [7, 11) is 3.24. The molecule has 2 atom stereocenters. The summed E-state index contributed by atoms with van der Waals surface area (Å²) in [5.74, 6) is 3.21. The predicted molar refractivity (Wildman–Crippen MR) is 150 cm³/mol. The van der Waals surface area contributed by atoms with E-state index in [1.807, 2.05) is 48.5 Å². The second-order valence-corrected chi connectivity index (χ2v) is 10.5. The van der Waals surface area contributed by atoms with E-state index in [-0.39, 0.29) is 5.50 Å². The van der Waals surface area contributed by atoms with Gasteiger partial charge in [-0.25, -0.2) is 0 Å². The molecule has 0 radical (unpaired) electrons. The Balaban J connectivity index is 0.000000221. The maximum atomic E-state index is 11.4. The summed E-state index contributed by atoms with van der Waals surface area (Å²) in [6, 6.07) is 19.8. The molecular weight excluding hydrogens is 492 g/mol. The Morgan fingerprint density at radius 2 is 1.69 bits per heavy atom. The SMILES string of the molecule is CCCc1ccc(OC(C=O)c2ccc(SCC)cc2)cc1.COc1cc2c(cc1OC)SC(N)N2. The number of methoxy groups -OCH3 is 2. The Morgan fingerprint density at radius 3 is 2.28 bits per heavy atom. The normalized spacial score (nSPS) is 14.5. The van der Waals surface area contributed by atoms with Gasteiger partial charge in [0.1, 0.15) is 11.2 Å². The van der Waals surface area contributed by atoms with Gasteiger partial charge in [-0.05, 0) is 53.6 Å². The molecule has 0 aromatic heterocycles. The summed E-state index contributed by atoms with van der Waals surface area (Å²) >= 11 is 3.36. The van der Waals surface area contributed by atoms with Gasteiger partial charge in [-0.15, -0.1) is 11.8 Å². The van der Waals surface area contributed by atoms with Gasteiger partial charge in [0.15, 0.2) is 23.9 Å². The highest BCUT2D eigenvalue weighted by molar-refractivity contribution is 8.00. The van der Waals surface area contributed by atoms with Gasteiger partial charge in [0.2, 0.25) is 0 Å². The zero-order valence-corrected chi connectivity index (χ0v) is 22.8. The number of hydrogen-bond acceptors (Lipinski definition) is 8. The number of nitrogens with two attached hydrogens (primary N) is 1. The monoisotopic (exact) mass is 526 g/mol. The minimum absolute atomic E-state index is 0.0817. The standard InChI is InChI=1S/C19H22O2S.C9H12N2O2S/c1-3-5-15-6-10-17(11-7-15)21-19(14-20)16-8-12-18(13-9-16)22-4-2;1-12-6-3-5-8(4-7(6)13-2)14-9(10)11-5/h6-14,19H,3-5H2,1-2H3;3-4,9,11H,10H2,1-2H3. The van der Waals surface area contributed by atoms with Crippen molar-refractivity contribution in [3.8, 4) is 17.2 Å². The van der Waals surface area contributed by atoms with Crippen LogP contribution in [0.5, 0.6) is 17.2 Å². The Hall–Kier alpha value is -2.81. The van der Waals surface area contributed by atoms with Gasteiger partial charge >= 0.3 is 0 Å². The fourth-order valence-electron chi connectivity index (χ4n) is 3.65. The Morgan fingerprint density at radius 1 is 1.03 bits per heavy atom. The number of thioether (sulfide) groups is 2. The molecule has 0 aliphatic carbocycles. The molecule has 1 aliphatic heterocycles. The predicted octanol–water partition coefficient (Wildman–Crippen LogP) is 6.53. The quantitative estimate of drug-likeness (QED) is 0.228. The highest BCUT2D eigenvalue weighted by Gasteiger charge is 2.20. The molecule has 3 N–H and O–H groups in total. The van der Waals surface area contributed by atoms with Crippen molar-refractivity contribution in [2.24, 2.45) is 5.73 Å². The summed E-state index contributed by atoms with van der Waals surface area (Å²) in [4.78, 5) is 13.7. The molecular formula is C28H34N2O4S2. The number of fused-ring (bicyclic) bond motifs is 1. The zero-order valence-electron chi connectivity index (χ0n) is 21.2. The molecule has 3 aromatic rings. The highest BCUT2D eigenvalue weighted by atomic mass is 32.2. The van der Waals surface area contributed by atoms with Crippen molar-refractivity contribution in [1.82, 2.24) is 0 Å². The summed E-state index contributed by atoms with van der Waals surface area (Å²) < 4.78 is 16.2. The number of carbonyl (C=O) groups excluding carboxylic acids is 1. The highest BCUT2D eigenvalue weighted by Crippen LogP contribution is 2.43. The Labute approximate surface area is 222 Å². The third kappa shape index (κ3) is 7.59. The largest absolute Gasteiger partial charge is 0.493 e. The van der Waals surface area contributed by atoms with E-state index in [0.717, 1.165) is 52.5 Å². The molecule has 1 heterocycles. The first-order valence-electron chi connectivity index (χ1n) is 11.9. The van der Waals surface area contributed by atoms with E-state index >= 15 is 0 Å². The lowest BCUT2D eigenvalue weighted by Gasteiger charge is -2.14. The fraction of sp³-hybridized carbons (Fsp3) is 0.321. The van der Waals surface area contributed by atoms with Crippen LogP contribution in [0.3, 0.4) is 0 Å². The molecule has 3 aromatic carbocycles. The number of hydrogen-bond donors (Lipinski definition) is 2. The molecule has 0 bridgehead atoms. The number of aldehydes is 1. The minimum atomic E-state index is -0.558. The lowest BCUT2D eigenvalue weighted by molar-refractivity contribution is -0.113. The molecule has 2 unspecified atom stereocenters. The molecule has 6 nitrogen and oxygen atoms in total. The van der Waals surface area contributed by atoms with Crippen LogP contribution >= 0.6 is 23.5 Å². The van der Waals surface area contributed by atoms with Crippen molar-refractivity contribution in [3.63, 3.8) is 0 Å². The molecule has 0 fully saturated rings. The molecule has 8 heteroatoms. The van der Waals surface area contributed by atoms with Gasteiger partial charge in [0.25, 0.3) is 0 Å². The molecule has 36 heavy (non-hydrogen) atoms. The van der Waals surface area contributed by atoms with Crippen LogP contribution < -0.4 is 25.3 Å². The second-order valence-electron chi connectivity index (χ2n) is 7.96. The number of ether oxygens (including phenoxy) is 3. The average Bonchev–Trinajstić information content (AvgIpc) is 3.27. The van der Waals surface area contributed by atoms with Crippen LogP contribution in [0.25, 0.3) is 0 Å². The van der Waals surface area contributed by atoms with E-state index in [0.29, 0.717) is 5.75 Å². The van der Waals surface area contributed by atoms with E-state index < -0.39 is 6.10 Å². The summed E-state index contributed by atoms with van der Waals surface area (Å²) in [5, 5.41) is 3.13. The molecule has 4 rings (SSSR count). The fourth-order valence-corrected chi connectivity index (χ4v) is 5.20. The third-order valence-electron chi connectivity index (χ3n) is 5.41. The van der Waals surface area contributed by atoms with Crippen molar-refractivity contribution in [2.75, 3.05) is 25.3 Å². The number of benzene rings is 3. The van der Waals surface area contributed by atoms with Crippen LogP contribution in [0.2, 0.25) is 0 Å². The number of carbonyl (C=O) groups is 1. The first-order chi connectivity index (χ1) is 17.5. The van der Waals surface area contributed by atoms with Crippen LogP contribution in [0, 0.1) is 0 Å². The molecule has 0 spiro atoms. The van der Waals surface area contributed by atoms with E-state index in [2.05, 4.69) is 31.3 Å². The number of rotatable bonds is 10. The number of aryl methyl sites for hydroxylation is 1. The van der Waals surface area contributed by atoms with Gasteiger partial charge in [0.05, 0.1) is 19.9 Å². The van der Waals surface area contributed by atoms with Crippen LogP contribution in [0.1, 0.15) is 37.5 Å². The van der Waals surface area contributed by atoms with Crippen LogP contribution in [0.15, 0.2) is 70.5 Å². The number of nitrogens with one attached hydrogen (secondary N) is 1. The van der Waals surface area contributed by atoms with Gasteiger partial charge < -0.3 is 25.3 Å². The molecule has 0 saturated heterocycles. The third-order valence-corrected chi connectivity index (χ3v) is 7.26. The molecule has 0 saturated carbocycles. The topological polar surface area (TPSA) is 82.8 Å². The van der Waals surface area contributed by atoms with Gasteiger partial charge in [-0.1, -0.05) is 56.3 Å². The molecule has 0 amide bonds. The van der Waals surface area contributed by atoms with Crippen molar-refractivity contribution >= 4 is 35.5 Å². The van der Waals surface area contributed by atoms with Crippen molar-refractivity contribution < 1.29 is 19.0 Å². The summed E-state index contributed by atoms with van der Waals surface area (Å²) in [6.07, 6.45) is 2.48. The minimum Gasteiger partial charge on any atom is -0.493 e. The second kappa shape index (κ2) is 14.1.